The van der Waals surface area contributed by atoms with Gasteiger partial charge in [0.25, 0.3) is 0 Å². The highest BCUT2D eigenvalue weighted by atomic mass is 32.1. The van der Waals surface area contributed by atoms with Gasteiger partial charge in [-0.3, -0.25) is 4.68 Å². The third-order valence-corrected chi connectivity index (χ3v) is 4.09. The van der Waals surface area contributed by atoms with E-state index in [0.717, 1.165) is 24.4 Å². The van der Waals surface area contributed by atoms with Crippen LogP contribution in [0.25, 0.3) is 0 Å². The zero-order valence-electron chi connectivity index (χ0n) is 11.4. The van der Waals surface area contributed by atoms with E-state index >= 15 is 0 Å². The maximum absolute atomic E-state index is 10.1. The van der Waals surface area contributed by atoms with Gasteiger partial charge in [-0.2, -0.15) is 5.10 Å². The van der Waals surface area contributed by atoms with Crippen LogP contribution in [-0.4, -0.2) is 20.9 Å². The first kappa shape index (κ1) is 14.2. The van der Waals surface area contributed by atoms with E-state index in [4.69, 9.17) is 0 Å². The average molecular weight is 279 g/mol. The highest BCUT2D eigenvalue weighted by Crippen LogP contribution is 2.22. The molecule has 2 heterocycles. The number of thiophene rings is 1. The van der Waals surface area contributed by atoms with Crippen LogP contribution < -0.4 is 5.32 Å². The summed E-state index contributed by atoms with van der Waals surface area (Å²) >= 11 is 1.60. The third kappa shape index (κ3) is 4.16. The molecule has 0 spiro atoms. The molecule has 2 rings (SSSR count). The van der Waals surface area contributed by atoms with Gasteiger partial charge in [0.05, 0.1) is 12.3 Å². The summed E-state index contributed by atoms with van der Waals surface area (Å²) < 4.78 is 1.92. The van der Waals surface area contributed by atoms with Crippen LogP contribution in [0.1, 0.15) is 36.8 Å². The Balaban J connectivity index is 1.76. The Kier molecular flexibility index (Phi) is 5.13. The molecule has 0 aromatic carbocycles. The summed E-state index contributed by atoms with van der Waals surface area (Å²) in [5, 5.41) is 19.7. The Bertz CT molecular complexity index is 481. The van der Waals surface area contributed by atoms with E-state index in [1.165, 1.54) is 5.56 Å². The number of hydrogen-bond donors (Lipinski definition) is 2. The molecule has 0 saturated carbocycles. The van der Waals surface area contributed by atoms with E-state index in [1.54, 1.807) is 11.3 Å². The predicted octanol–water partition coefficient (Wildman–Crippen LogP) is 2.57. The molecule has 2 N–H and O–H groups in total. The van der Waals surface area contributed by atoms with Crippen molar-refractivity contribution in [3.63, 3.8) is 0 Å². The lowest BCUT2D eigenvalue weighted by molar-refractivity contribution is 0.157. The molecule has 0 aliphatic heterocycles. The molecule has 0 fully saturated rings. The van der Waals surface area contributed by atoms with E-state index in [9.17, 15) is 5.11 Å². The Morgan fingerprint density at radius 2 is 2.37 bits per heavy atom. The number of aromatic nitrogens is 2. The van der Waals surface area contributed by atoms with Gasteiger partial charge in [0.1, 0.15) is 0 Å². The first-order chi connectivity index (χ1) is 9.19. The number of rotatable bonds is 7. The Labute approximate surface area is 118 Å². The minimum absolute atomic E-state index is 0.266. The molecule has 0 amide bonds. The molecule has 2 atom stereocenters. The van der Waals surface area contributed by atoms with E-state index < -0.39 is 0 Å². The molecule has 4 nitrogen and oxygen atoms in total. The van der Waals surface area contributed by atoms with Gasteiger partial charge in [0.2, 0.25) is 0 Å². The molecule has 0 saturated heterocycles. The van der Waals surface area contributed by atoms with E-state index in [1.807, 2.05) is 28.4 Å². The van der Waals surface area contributed by atoms with Crippen LogP contribution in [0.15, 0.2) is 29.9 Å². The number of aryl methyl sites for hydroxylation is 1. The molecule has 0 radical (unpaired) electrons. The minimum atomic E-state index is -0.374. The molecular weight excluding hydrogens is 258 g/mol. The van der Waals surface area contributed by atoms with Crippen molar-refractivity contribution in [3.8, 4) is 0 Å². The van der Waals surface area contributed by atoms with Crippen molar-refractivity contribution in [3.05, 3.63) is 40.3 Å². The average Bonchev–Trinajstić information content (AvgIpc) is 3.07. The zero-order chi connectivity index (χ0) is 13.7. The standard InChI is InChI=1S/C14H21N3OS/c1-3-17-10-12(9-16-17)8-15-11(2)7-13(18)14-5-4-6-19-14/h4-6,9-11,13,15,18H,3,7-8H2,1-2H3. The third-order valence-electron chi connectivity index (χ3n) is 3.11. The predicted molar refractivity (Wildman–Crippen MR) is 78.1 cm³/mol. The molecule has 5 heteroatoms. The molecule has 0 aliphatic rings. The summed E-state index contributed by atoms with van der Waals surface area (Å²) in [6.07, 6.45) is 4.29. The molecule has 104 valence electrons. The van der Waals surface area contributed by atoms with Gasteiger partial charge < -0.3 is 10.4 Å². The quantitative estimate of drug-likeness (QED) is 0.819. The molecule has 19 heavy (non-hydrogen) atoms. The van der Waals surface area contributed by atoms with Crippen molar-refractivity contribution in [1.82, 2.24) is 15.1 Å². The maximum atomic E-state index is 10.1. The number of aliphatic hydroxyl groups excluding tert-OH is 1. The van der Waals surface area contributed by atoms with Crippen molar-refractivity contribution in [2.45, 2.75) is 45.5 Å². The van der Waals surface area contributed by atoms with Crippen LogP contribution >= 0.6 is 11.3 Å². The van der Waals surface area contributed by atoms with Gasteiger partial charge in [0, 0.05) is 35.8 Å². The van der Waals surface area contributed by atoms with Gasteiger partial charge in [-0.25, -0.2) is 0 Å². The summed E-state index contributed by atoms with van der Waals surface area (Å²) in [6, 6.07) is 4.22. The number of hydrogen-bond acceptors (Lipinski definition) is 4. The fraction of sp³-hybridized carbons (Fsp3) is 0.500. The Hall–Kier alpha value is -1.17. The molecule has 2 aromatic heterocycles. The normalized spacial score (nSPS) is 14.5. The topological polar surface area (TPSA) is 50.1 Å². The van der Waals surface area contributed by atoms with Crippen molar-refractivity contribution < 1.29 is 5.11 Å². The highest BCUT2D eigenvalue weighted by molar-refractivity contribution is 7.10. The van der Waals surface area contributed by atoms with Gasteiger partial charge in [-0.1, -0.05) is 6.07 Å². The lowest BCUT2D eigenvalue weighted by atomic mass is 10.1. The summed E-state index contributed by atoms with van der Waals surface area (Å²) in [6.45, 7) is 5.86. The summed E-state index contributed by atoms with van der Waals surface area (Å²) in [5.74, 6) is 0. The van der Waals surface area contributed by atoms with Crippen LogP contribution in [0.5, 0.6) is 0 Å². The van der Waals surface area contributed by atoms with Gasteiger partial charge >= 0.3 is 0 Å². The molecule has 0 bridgehead atoms. The van der Waals surface area contributed by atoms with Crippen molar-refractivity contribution in [2.24, 2.45) is 0 Å². The fourth-order valence-electron chi connectivity index (χ4n) is 1.98. The van der Waals surface area contributed by atoms with E-state index in [-0.39, 0.29) is 12.1 Å². The van der Waals surface area contributed by atoms with Crippen molar-refractivity contribution in [1.29, 1.82) is 0 Å². The summed E-state index contributed by atoms with van der Waals surface area (Å²) in [4.78, 5) is 1.03. The monoisotopic (exact) mass is 279 g/mol. The first-order valence-corrected chi connectivity index (χ1v) is 7.53. The lowest BCUT2D eigenvalue weighted by Crippen LogP contribution is -2.27. The molecule has 2 aromatic rings. The van der Waals surface area contributed by atoms with Crippen molar-refractivity contribution >= 4 is 11.3 Å². The zero-order valence-corrected chi connectivity index (χ0v) is 12.2. The maximum Gasteiger partial charge on any atom is 0.0896 e. The fourth-order valence-corrected chi connectivity index (χ4v) is 2.70. The smallest absolute Gasteiger partial charge is 0.0896 e. The van der Waals surface area contributed by atoms with Gasteiger partial charge in [0.15, 0.2) is 0 Å². The second-order valence-electron chi connectivity index (χ2n) is 4.75. The van der Waals surface area contributed by atoms with Crippen LogP contribution in [0, 0.1) is 0 Å². The SMILES string of the molecule is CCn1cc(CNC(C)CC(O)c2cccs2)cn1. The van der Waals surface area contributed by atoms with Crippen LogP contribution in [0.3, 0.4) is 0 Å². The number of nitrogens with zero attached hydrogens (tertiary/aromatic N) is 2. The summed E-state index contributed by atoms with van der Waals surface area (Å²) in [7, 11) is 0. The van der Waals surface area contributed by atoms with E-state index in [2.05, 4.69) is 30.5 Å². The Morgan fingerprint density at radius 1 is 1.53 bits per heavy atom. The molecule has 0 aliphatic carbocycles. The van der Waals surface area contributed by atoms with Gasteiger partial charge in [-0.15, -0.1) is 11.3 Å². The second-order valence-corrected chi connectivity index (χ2v) is 5.73. The van der Waals surface area contributed by atoms with E-state index in [0.29, 0.717) is 0 Å². The van der Waals surface area contributed by atoms with Crippen molar-refractivity contribution in [2.75, 3.05) is 0 Å². The number of aliphatic hydroxyl groups is 1. The molecular formula is C14H21N3OS. The Morgan fingerprint density at radius 3 is 3.00 bits per heavy atom. The second kappa shape index (κ2) is 6.84. The lowest BCUT2D eigenvalue weighted by Gasteiger charge is -2.16. The van der Waals surface area contributed by atoms with Crippen LogP contribution in [-0.2, 0) is 13.1 Å². The van der Waals surface area contributed by atoms with Gasteiger partial charge in [-0.05, 0) is 31.7 Å². The minimum Gasteiger partial charge on any atom is -0.388 e. The molecule has 2 unspecified atom stereocenters. The van der Waals surface area contributed by atoms with Crippen LogP contribution in [0.2, 0.25) is 0 Å². The first-order valence-electron chi connectivity index (χ1n) is 6.65. The highest BCUT2D eigenvalue weighted by Gasteiger charge is 2.13. The van der Waals surface area contributed by atoms with Crippen LogP contribution in [0.4, 0.5) is 0 Å². The largest absolute Gasteiger partial charge is 0.388 e. The summed E-state index contributed by atoms with van der Waals surface area (Å²) in [5.41, 5.74) is 1.18. The number of nitrogens with one attached hydrogen (secondary N) is 1.